The first-order chi connectivity index (χ1) is 12.7. The Hall–Kier alpha value is -1.63. The molecule has 0 aromatic heterocycles. The molecule has 0 aliphatic carbocycles. The van der Waals surface area contributed by atoms with Crippen LogP contribution in [-0.2, 0) is 15.9 Å². The summed E-state index contributed by atoms with van der Waals surface area (Å²) in [6.45, 7) is 9.26. The van der Waals surface area contributed by atoms with E-state index in [0.717, 1.165) is 58.8 Å². The second-order valence-corrected chi connectivity index (χ2v) is 7.11. The van der Waals surface area contributed by atoms with Gasteiger partial charge in [-0.25, -0.2) is 4.79 Å². The first-order valence-corrected chi connectivity index (χ1v) is 9.71. The molecule has 2 aliphatic heterocycles. The topological polar surface area (TPSA) is 54.0 Å². The third kappa shape index (κ3) is 5.69. The highest BCUT2D eigenvalue weighted by Gasteiger charge is 2.24. The lowest BCUT2D eigenvalue weighted by Crippen LogP contribution is -2.48. The van der Waals surface area contributed by atoms with Crippen LogP contribution in [0.5, 0.6) is 0 Å². The van der Waals surface area contributed by atoms with Crippen molar-refractivity contribution in [3.05, 3.63) is 35.4 Å². The highest BCUT2D eigenvalue weighted by molar-refractivity contribution is 5.74. The standard InChI is InChI=1S/C20H31N3O3/c1-17-5-2-3-6-18(17)7-8-21-20(24)23-9-4-12-26-19(16-23)15-22-10-13-25-14-11-22/h2-3,5-6,19H,4,7-16H2,1H3,(H,21,24)/t19-/m1/s1. The lowest BCUT2D eigenvalue weighted by atomic mass is 10.1. The Kier molecular flexibility index (Phi) is 7.29. The SMILES string of the molecule is Cc1ccccc1CCNC(=O)N1CCCO[C@H](CN2CCOCC2)C1. The highest BCUT2D eigenvalue weighted by atomic mass is 16.5. The number of amides is 2. The molecule has 1 atom stereocenters. The van der Waals surface area contributed by atoms with Gasteiger partial charge in [0.25, 0.3) is 0 Å². The molecule has 144 valence electrons. The Morgan fingerprint density at radius 3 is 2.81 bits per heavy atom. The van der Waals surface area contributed by atoms with Crippen LogP contribution in [0.4, 0.5) is 4.79 Å². The number of nitrogens with zero attached hydrogens (tertiary/aromatic N) is 2. The van der Waals surface area contributed by atoms with Gasteiger partial charge in [-0.2, -0.15) is 0 Å². The minimum atomic E-state index is 0.0241. The monoisotopic (exact) mass is 361 g/mol. The third-order valence-corrected chi connectivity index (χ3v) is 5.13. The molecule has 26 heavy (non-hydrogen) atoms. The van der Waals surface area contributed by atoms with Gasteiger partial charge in [-0.3, -0.25) is 4.90 Å². The zero-order valence-electron chi connectivity index (χ0n) is 15.8. The number of hydrogen-bond donors (Lipinski definition) is 1. The van der Waals surface area contributed by atoms with Gasteiger partial charge in [0.1, 0.15) is 0 Å². The number of aryl methyl sites for hydroxylation is 1. The van der Waals surface area contributed by atoms with Gasteiger partial charge in [0.2, 0.25) is 0 Å². The zero-order chi connectivity index (χ0) is 18.2. The van der Waals surface area contributed by atoms with E-state index >= 15 is 0 Å². The average molecular weight is 361 g/mol. The summed E-state index contributed by atoms with van der Waals surface area (Å²) in [7, 11) is 0. The Morgan fingerprint density at radius 2 is 2.00 bits per heavy atom. The van der Waals surface area contributed by atoms with Crippen LogP contribution in [0.1, 0.15) is 17.5 Å². The van der Waals surface area contributed by atoms with Crippen molar-refractivity contribution in [1.82, 2.24) is 15.1 Å². The number of carbonyl (C=O) groups is 1. The summed E-state index contributed by atoms with van der Waals surface area (Å²) >= 11 is 0. The molecule has 2 amide bonds. The van der Waals surface area contributed by atoms with Crippen LogP contribution in [-0.4, -0.2) is 81.0 Å². The Labute approximate surface area is 156 Å². The van der Waals surface area contributed by atoms with E-state index in [1.165, 1.54) is 11.1 Å². The maximum Gasteiger partial charge on any atom is 0.317 e. The van der Waals surface area contributed by atoms with Gasteiger partial charge in [0.15, 0.2) is 0 Å². The second-order valence-electron chi connectivity index (χ2n) is 7.11. The lowest BCUT2D eigenvalue weighted by molar-refractivity contribution is -0.0101. The summed E-state index contributed by atoms with van der Waals surface area (Å²) in [6.07, 6.45) is 1.84. The van der Waals surface area contributed by atoms with Crippen LogP contribution in [0, 0.1) is 6.92 Å². The molecule has 0 unspecified atom stereocenters. The van der Waals surface area contributed by atoms with E-state index in [9.17, 15) is 4.79 Å². The molecule has 2 saturated heterocycles. The summed E-state index contributed by atoms with van der Waals surface area (Å²) < 4.78 is 11.4. The van der Waals surface area contributed by atoms with Crippen molar-refractivity contribution in [2.75, 3.05) is 59.1 Å². The normalized spacial score (nSPS) is 22.0. The average Bonchev–Trinajstić information content (AvgIpc) is 2.90. The smallest absolute Gasteiger partial charge is 0.317 e. The molecule has 2 fully saturated rings. The fourth-order valence-corrected chi connectivity index (χ4v) is 3.57. The fourth-order valence-electron chi connectivity index (χ4n) is 3.57. The van der Waals surface area contributed by atoms with Gasteiger partial charge in [0, 0.05) is 45.9 Å². The molecule has 2 aliphatic rings. The van der Waals surface area contributed by atoms with Gasteiger partial charge >= 0.3 is 6.03 Å². The predicted molar refractivity (Wildman–Crippen MR) is 101 cm³/mol. The van der Waals surface area contributed by atoms with Crippen LogP contribution in [0.25, 0.3) is 0 Å². The van der Waals surface area contributed by atoms with Crippen molar-refractivity contribution in [2.45, 2.75) is 25.9 Å². The van der Waals surface area contributed by atoms with E-state index in [2.05, 4.69) is 29.3 Å². The van der Waals surface area contributed by atoms with E-state index < -0.39 is 0 Å². The molecule has 1 aromatic rings. The van der Waals surface area contributed by atoms with E-state index in [1.807, 2.05) is 17.0 Å². The maximum absolute atomic E-state index is 12.6. The molecular weight excluding hydrogens is 330 g/mol. The van der Waals surface area contributed by atoms with Gasteiger partial charge in [-0.15, -0.1) is 0 Å². The van der Waals surface area contributed by atoms with Crippen LogP contribution in [0.15, 0.2) is 24.3 Å². The number of benzene rings is 1. The summed E-state index contributed by atoms with van der Waals surface area (Å²) in [5, 5.41) is 3.08. The van der Waals surface area contributed by atoms with E-state index in [1.54, 1.807) is 0 Å². The van der Waals surface area contributed by atoms with Crippen molar-refractivity contribution >= 4 is 6.03 Å². The molecule has 1 aromatic carbocycles. The molecule has 0 radical (unpaired) electrons. The molecule has 0 saturated carbocycles. The summed E-state index contributed by atoms with van der Waals surface area (Å²) in [4.78, 5) is 16.9. The minimum absolute atomic E-state index is 0.0241. The number of nitrogens with one attached hydrogen (secondary N) is 1. The predicted octanol–water partition coefficient (Wildman–Crippen LogP) is 1.67. The summed E-state index contributed by atoms with van der Waals surface area (Å²) in [5.74, 6) is 0. The first kappa shape index (κ1) is 19.1. The van der Waals surface area contributed by atoms with Gasteiger partial charge in [-0.05, 0) is 30.9 Å². The van der Waals surface area contributed by atoms with Gasteiger partial charge in [0.05, 0.1) is 19.3 Å². The molecule has 6 nitrogen and oxygen atoms in total. The molecule has 6 heteroatoms. The number of rotatable bonds is 5. The van der Waals surface area contributed by atoms with E-state index in [-0.39, 0.29) is 12.1 Å². The number of morpholine rings is 1. The van der Waals surface area contributed by atoms with Crippen molar-refractivity contribution in [1.29, 1.82) is 0 Å². The van der Waals surface area contributed by atoms with Gasteiger partial charge < -0.3 is 19.7 Å². The molecule has 3 rings (SSSR count). The van der Waals surface area contributed by atoms with Crippen molar-refractivity contribution in [2.24, 2.45) is 0 Å². The van der Waals surface area contributed by atoms with Crippen LogP contribution < -0.4 is 5.32 Å². The maximum atomic E-state index is 12.6. The molecule has 0 bridgehead atoms. The van der Waals surface area contributed by atoms with Crippen molar-refractivity contribution in [3.63, 3.8) is 0 Å². The number of urea groups is 1. The summed E-state index contributed by atoms with van der Waals surface area (Å²) in [5.41, 5.74) is 2.56. The number of ether oxygens (including phenoxy) is 2. The molecular formula is C20H31N3O3. The zero-order valence-corrected chi connectivity index (χ0v) is 15.8. The Bertz CT molecular complexity index is 575. The van der Waals surface area contributed by atoms with Gasteiger partial charge in [-0.1, -0.05) is 24.3 Å². The van der Waals surface area contributed by atoms with E-state index in [4.69, 9.17) is 9.47 Å². The number of carbonyl (C=O) groups excluding carboxylic acids is 1. The van der Waals surface area contributed by atoms with Crippen LogP contribution in [0.3, 0.4) is 0 Å². The fraction of sp³-hybridized carbons (Fsp3) is 0.650. The number of hydrogen-bond acceptors (Lipinski definition) is 4. The molecule has 0 spiro atoms. The Balaban J connectivity index is 1.45. The quantitative estimate of drug-likeness (QED) is 0.867. The van der Waals surface area contributed by atoms with Crippen LogP contribution >= 0.6 is 0 Å². The largest absolute Gasteiger partial charge is 0.379 e. The van der Waals surface area contributed by atoms with E-state index in [0.29, 0.717) is 13.1 Å². The minimum Gasteiger partial charge on any atom is -0.379 e. The van der Waals surface area contributed by atoms with Crippen molar-refractivity contribution < 1.29 is 14.3 Å². The third-order valence-electron chi connectivity index (χ3n) is 5.13. The summed E-state index contributed by atoms with van der Waals surface area (Å²) in [6, 6.07) is 8.35. The molecule has 2 heterocycles. The molecule has 1 N–H and O–H groups in total. The van der Waals surface area contributed by atoms with Crippen LogP contribution in [0.2, 0.25) is 0 Å². The lowest BCUT2D eigenvalue weighted by Gasteiger charge is -2.31. The Morgan fingerprint density at radius 1 is 1.19 bits per heavy atom. The highest BCUT2D eigenvalue weighted by Crippen LogP contribution is 2.10. The van der Waals surface area contributed by atoms with Crippen molar-refractivity contribution in [3.8, 4) is 0 Å². The first-order valence-electron chi connectivity index (χ1n) is 9.71. The second kappa shape index (κ2) is 9.90.